The highest BCUT2D eigenvalue weighted by Gasteiger charge is 2.44. The number of benzene rings is 1. The van der Waals surface area contributed by atoms with Crippen molar-refractivity contribution in [1.29, 1.82) is 0 Å². The van der Waals surface area contributed by atoms with Gasteiger partial charge in [0.1, 0.15) is 5.75 Å². The maximum Gasteiger partial charge on any atom is 0.573 e. The van der Waals surface area contributed by atoms with Gasteiger partial charge in [0.25, 0.3) is 0 Å². The smallest absolute Gasteiger partial charge is 0.406 e. The monoisotopic (exact) mass is 273 g/mol. The fraction of sp³-hybridized carbons (Fsp3) is 0.333. The average Bonchev–Trinajstić information content (AvgIpc) is 2.52. The number of carbonyl (C=O) groups is 2. The van der Waals surface area contributed by atoms with Gasteiger partial charge in [-0.2, -0.15) is 0 Å². The van der Waals surface area contributed by atoms with Crippen LogP contribution in [0.5, 0.6) is 5.75 Å². The maximum atomic E-state index is 12.0. The molecule has 2 amide bonds. The molecule has 1 N–H and O–H groups in total. The van der Waals surface area contributed by atoms with E-state index in [1.807, 2.05) is 0 Å². The zero-order valence-electron chi connectivity index (χ0n) is 9.88. The second-order valence-electron chi connectivity index (χ2n) is 4.46. The first-order valence-corrected chi connectivity index (χ1v) is 5.41. The summed E-state index contributed by atoms with van der Waals surface area (Å²) in [6, 6.07) is 4.92. The van der Waals surface area contributed by atoms with Crippen molar-refractivity contribution in [2.24, 2.45) is 0 Å². The van der Waals surface area contributed by atoms with E-state index in [4.69, 9.17) is 0 Å². The molecule has 2 rings (SSSR count). The van der Waals surface area contributed by atoms with Gasteiger partial charge in [-0.25, -0.2) is 0 Å². The van der Waals surface area contributed by atoms with Crippen LogP contribution in [0, 0.1) is 0 Å². The molecular formula is C12H10F3NO3. The highest BCUT2D eigenvalue weighted by atomic mass is 19.4. The van der Waals surface area contributed by atoms with Crippen molar-refractivity contribution in [3.05, 3.63) is 29.8 Å². The van der Waals surface area contributed by atoms with Gasteiger partial charge in [0.15, 0.2) is 0 Å². The van der Waals surface area contributed by atoms with Crippen molar-refractivity contribution in [1.82, 2.24) is 5.32 Å². The number of amides is 2. The van der Waals surface area contributed by atoms with E-state index >= 15 is 0 Å². The third kappa shape index (κ3) is 2.69. The van der Waals surface area contributed by atoms with Gasteiger partial charge >= 0.3 is 6.36 Å². The van der Waals surface area contributed by atoms with Crippen molar-refractivity contribution in [3.8, 4) is 5.75 Å². The van der Waals surface area contributed by atoms with Gasteiger partial charge in [0.05, 0.1) is 5.41 Å². The van der Waals surface area contributed by atoms with E-state index in [2.05, 4.69) is 10.1 Å². The predicted octanol–water partition coefficient (Wildman–Crippen LogP) is 1.89. The third-order valence-corrected chi connectivity index (χ3v) is 2.99. The van der Waals surface area contributed by atoms with Gasteiger partial charge in [0.2, 0.25) is 11.8 Å². The van der Waals surface area contributed by atoms with Crippen LogP contribution in [0.4, 0.5) is 13.2 Å². The Labute approximate surface area is 106 Å². The van der Waals surface area contributed by atoms with E-state index in [1.165, 1.54) is 12.1 Å². The molecule has 1 atom stereocenters. The Bertz CT molecular complexity index is 524. The zero-order chi connectivity index (χ0) is 14.3. The van der Waals surface area contributed by atoms with E-state index < -0.39 is 23.6 Å². The summed E-state index contributed by atoms with van der Waals surface area (Å²) >= 11 is 0. The van der Waals surface area contributed by atoms with E-state index in [0.717, 1.165) is 12.1 Å². The summed E-state index contributed by atoms with van der Waals surface area (Å²) in [7, 11) is 0. The predicted molar refractivity (Wildman–Crippen MR) is 58.2 cm³/mol. The summed E-state index contributed by atoms with van der Waals surface area (Å²) in [6.45, 7) is 1.56. The summed E-state index contributed by atoms with van der Waals surface area (Å²) in [4.78, 5) is 22.9. The number of halogens is 3. The summed E-state index contributed by atoms with van der Waals surface area (Å²) in [5, 5.41) is 2.17. The number of nitrogens with one attached hydrogen (secondary N) is 1. The van der Waals surface area contributed by atoms with Gasteiger partial charge in [0, 0.05) is 6.42 Å². The SMILES string of the molecule is CC1(c2ccc(OC(F)(F)F)cc2)CC(=O)NC1=O. The third-order valence-electron chi connectivity index (χ3n) is 2.99. The molecule has 1 heterocycles. The van der Waals surface area contributed by atoms with Crippen LogP contribution in [0.25, 0.3) is 0 Å². The first-order chi connectivity index (χ1) is 8.71. The van der Waals surface area contributed by atoms with Crippen LogP contribution >= 0.6 is 0 Å². The van der Waals surface area contributed by atoms with E-state index in [-0.39, 0.29) is 12.2 Å². The molecule has 1 unspecified atom stereocenters. The molecule has 7 heteroatoms. The molecule has 1 aliphatic heterocycles. The van der Waals surface area contributed by atoms with Crippen LogP contribution in [0.15, 0.2) is 24.3 Å². The normalized spacial score (nSPS) is 23.4. The van der Waals surface area contributed by atoms with Crippen LogP contribution < -0.4 is 10.1 Å². The molecule has 1 saturated heterocycles. The molecule has 0 spiro atoms. The van der Waals surface area contributed by atoms with Crippen LogP contribution in [-0.4, -0.2) is 18.2 Å². The Morgan fingerprint density at radius 2 is 1.79 bits per heavy atom. The minimum Gasteiger partial charge on any atom is -0.406 e. The number of rotatable bonds is 2. The lowest BCUT2D eigenvalue weighted by atomic mass is 9.81. The molecule has 102 valence electrons. The molecule has 19 heavy (non-hydrogen) atoms. The summed E-state index contributed by atoms with van der Waals surface area (Å²) in [5.74, 6) is -1.23. The lowest BCUT2D eigenvalue weighted by Crippen LogP contribution is -2.32. The average molecular weight is 273 g/mol. The zero-order valence-corrected chi connectivity index (χ0v) is 9.88. The van der Waals surface area contributed by atoms with Crippen LogP contribution in [0.3, 0.4) is 0 Å². The van der Waals surface area contributed by atoms with E-state index in [0.29, 0.717) is 5.56 Å². The number of imide groups is 1. The van der Waals surface area contributed by atoms with Crippen molar-refractivity contribution in [3.63, 3.8) is 0 Å². The highest BCUT2D eigenvalue weighted by molar-refractivity contribution is 6.08. The lowest BCUT2D eigenvalue weighted by Gasteiger charge is -2.20. The minimum absolute atomic E-state index is 0.0225. The first kappa shape index (κ1) is 13.4. The van der Waals surface area contributed by atoms with Gasteiger partial charge in [-0.15, -0.1) is 13.2 Å². The molecule has 1 fully saturated rings. The first-order valence-electron chi connectivity index (χ1n) is 5.41. The van der Waals surface area contributed by atoms with Crippen molar-refractivity contribution in [2.45, 2.75) is 25.1 Å². The molecule has 0 bridgehead atoms. The van der Waals surface area contributed by atoms with Crippen LogP contribution in [0.1, 0.15) is 18.9 Å². The number of hydrogen-bond acceptors (Lipinski definition) is 3. The van der Waals surface area contributed by atoms with Crippen molar-refractivity contribution >= 4 is 11.8 Å². The van der Waals surface area contributed by atoms with Crippen LogP contribution in [0.2, 0.25) is 0 Å². The second-order valence-corrected chi connectivity index (χ2v) is 4.46. The van der Waals surface area contributed by atoms with Crippen LogP contribution in [-0.2, 0) is 15.0 Å². The van der Waals surface area contributed by atoms with Gasteiger partial charge < -0.3 is 4.74 Å². The molecule has 0 aromatic heterocycles. The molecule has 0 saturated carbocycles. The summed E-state index contributed by atoms with van der Waals surface area (Å²) in [6.07, 6.45) is -4.78. The molecule has 0 radical (unpaired) electrons. The Balaban J connectivity index is 2.24. The summed E-state index contributed by atoms with van der Waals surface area (Å²) < 4.78 is 39.7. The molecular weight excluding hydrogens is 263 g/mol. The molecule has 1 aromatic rings. The Morgan fingerprint density at radius 1 is 1.21 bits per heavy atom. The number of carbonyl (C=O) groups excluding carboxylic acids is 2. The fourth-order valence-electron chi connectivity index (χ4n) is 1.97. The Hall–Kier alpha value is -2.05. The van der Waals surface area contributed by atoms with Gasteiger partial charge in [-0.05, 0) is 24.6 Å². The minimum atomic E-state index is -4.76. The molecule has 0 aliphatic carbocycles. The Morgan fingerprint density at radius 3 is 2.21 bits per heavy atom. The fourth-order valence-corrected chi connectivity index (χ4v) is 1.97. The number of hydrogen-bond donors (Lipinski definition) is 1. The van der Waals surface area contributed by atoms with Gasteiger partial charge in [-0.3, -0.25) is 14.9 Å². The van der Waals surface area contributed by atoms with Crippen molar-refractivity contribution < 1.29 is 27.5 Å². The highest BCUT2D eigenvalue weighted by Crippen LogP contribution is 2.33. The van der Waals surface area contributed by atoms with Crippen molar-refractivity contribution in [2.75, 3.05) is 0 Å². The van der Waals surface area contributed by atoms with E-state index in [9.17, 15) is 22.8 Å². The van der Waals surface area contributed by atoms with Gasteiger partial charge in [-0.1, -0.05) is 12.1 Å². The Kier molecular flexibility index (Phi) is 3.00. The largest absolute Gasteiger partial charge is 0.573 e. The maximum absolute atomic E-state index is 12.0. The topological polar surface area (TPSA) is 55.4 Å². The summed E-state index contributed by atoms with van der Waals surface area (Å²) in [5.41, 5.74) is -0.584. The second kappa shape index (κ2) is 4.25. The van der Waals surface area contributed by atoms with E-state index in [1.54, 1.807) is 6.92 Å². The quantitative estimate of drug-likeness (QED) is 0.837. The molecule has 4 nitrogen and oxygen atoms in total. The molecule has 1 aromatic carbocycles. The molecule has 1 aliphatic rings. The lowest BCUT2D eigenvalue weighted by molar-refractivity contribution is -0.274. The standard InChI is InChI=1S/C12H10F3NO3/c1-11(6-9(17)16-10(11)18)7-2-4-8(5-3-7)19-12(13,14)15/h2-5H,6H2,1H3,(H,16,17,18). The number of ether oxygens (including phenoxy) is 1. The number of alkyl halides is 3.